The second-order valence-electron chi connectivity index (χ2n) is 10.0. The maximum atomic E-state index is 14.2. The van der Waals surface area contributed by atoms with Crippen LogP contribution in [0, 0.1) is 0 Å². The fourth-order valence-corrected chi connectivity index (χ4v) is 6.80. The van der Waals surface area contributed by atoms with E-state index in [0.717, 1.165) is 48.9 Å². The molecule has 0 N–H and O–H groups in total. The van der Waals surface area contributed by atoms with E-state index in [1.807, 2.05) is 50.3 Å². The number of nitrogens with zero attached hydrogens (tertiary/aromatic N) is 2. The number of anilines is 2. The first-order valence-electron chi connectivity index (χ1n) is 15.5. The molecule has 0 aliphatic carbocycles. The first-order valence-corrected chi connectivity index (χ1v) is 17.1. The summed E-state index contributed by atoms with van der Waals surface area (Å²) in [5, 5.41) is -0.982. The van der Waals surface area contributed by atoms with Gasteiger partial charge in [-0.05, 0) is 84.0 Å². The van der Waals surface area contributed by atoms with Crippen LogP contribution in [0.2, 0.25) is 0 Å². The molecule has 8 heteroatoms. The first kappa shape index (κ1) is 34.6. The van der Waals surface area contributed by atoms with E-state index in [1.54, 1.807) is 43.5 Å². The lowest BCUT2D eigenvalue weighted by molar-refractivity contribution is 0.337. The van der Waals surface area contributed by atoms with Gasteiger partial charge < -0.3 is 24.0 Å². The molecule has 0 aliphatic heterocycles. The van der Waals surface area contributed by atoms with E-state index in [0.29, 0.717) is 30.3 Å². The minimum atomic E-state index is -3.85. The molecule has 0 aliphatic rings. The van der Waals surface area contributed by atoms with Gasteiger partial charge in [-0.15, -0.1) is 0 Å². The van der Waals surface area contributed by atoms with Crippen molar-refractivity contribution in [3.05, 3.63) is 90.0 Å². The van der Waals surface area contributed by atoms with Crippen LogP contribution >= 0.6 is 0 Å². The van der Waals surface area contributed by atoms with Crippen LogP contribution in [0.4, 0.5) is 11.4 Å². The fourth-order valence-electron chi connectivity index (χ4n) is 5.16. The van der Waals surface area contributed by atoms with Crippen LogP contribution < -0.4 is 24.0 Å². The van der Waals surface area contributed by atoms with Crippen molar-refractivity contribution in [2.75, 3.05) is 56.3 Å². The Balaban J connectivity index is 2.08. The molecule has 0 spiro atoms. The normalized spacial score (nSPS) is 12.4. The van der Waals surface area contributed by atoms with Crippen LogP contribution in [-0.2, 0) is 9.84 Å². The van der Waals surface area contributed by atoms with Crippen molar-refractivity contribution in [2.24, 2.45) is 0 Å². The molecule has 0 aromatic heterocycles. The number of ether oxygens (including phenoxy) is 3. The van der Waals surface area contributed by atoms with E-state index in [-0.39, 0.29) is 4.90 Å². The predicted octanol–water partition coefficient (Wildman–Crippen LogP) is 7.97. The maximum Gasteiger partial charge on any atom is 0.189 e. The van der Waals surface area contributed by atoms with Crippen LogP contribution in [0.1, 0.15) is 57.9 Å². The Kier molecular flexibility index (Phi) is 13.2. The number of hydrogen-bond acceptors (Lipinski definition) is 7. The Bertz CT molecular complexity index is 1490. The minimum Gasteiger partial charge on any atom is -0.497 e. The highest BCUT2D eigenvalue weighted by molar-refractivity contribution is 7.91. The molecule has 0 radical (unpaired) electrons. The highest BCUT2D eigenvalue weighted by atomic mass is 32.2. The Labute approximate surface area is 264 Å². The SMILES string of the molecule is CCOc1cc(N(CC)CC)ccc1C=CC=CC(c1ccc(N(CC)CC)cc1OCC)S(=O)(=O)c1ccc(OC)cc1. The van der Waals surface area contributed by atoms with Gasteiger partial charge in [0.15, 0.2) is 9.84 Å². The smallest absolute Gasteiger partial charge is 0.189 e. The molecule has 3 rings (SSSR count). The number of benzene rings is 3. The first-order chi connectivity index (χ1) is 21.3. The van der Waals surface area contributed by atoms with E-state index < -0.39 is 15.1 Å². The van der Waals surface area contributed by atoms with Gasteiger partial charge in [-0.1, -0.05) is 30.4 Å². The van der Waals surface area contributed by atoms with E-state index in [1.165, 1.54) is 0 Å². The molecule has 0 bridgehead atoms. The van der Waals surface area contributed by atoms with Gasteiger partial charge in [0.05, 0.1) is 25.2 Å². The van der Waals surface area contributed by atoms with Gasteiger partial charge in [-0.2, -0.15) is 0 Å². The van der Waals surface area contributed by atoms with Crippen molar-refractivity contribution in [1.82, 2.24) is 0 Å². The van der Waals surface area contributed by atoms with Crippen LogP contribution in [0.25, 0.3) is 6.08 Å². The summed E-state index contributed by atoms with van der Waals surface area (Å²) in [6.45, 7) is 16.8. The zero-order chi connectivity index (χ0) is 32.1. The van der Waals surface area contributed by atoms with Crippen LogP contribution in [-0.4, -0.2) is 54.9 Å². The molecular weight excluding hydrogens is 572 g/mol. The highest BCUT2D eigenvalue weighted by Gasteiger charge is 2.30. The summed E-state index contributed by atoms with van der Waals surface area (Å²) < 4.78 is 45.6. The highest BCUT2D eigenvalue weighted by Crippen LogP contribution is 2.38. The van der Waals surface area contributed by atoms with Gasteiger partial charge in [0.25, 0.3) is 0 Å². The van der Waals surface area contributed by atoms with Crippen molar-refractivity contribution in [1.29, 1.82) is 0 Å². The lowest BCUT2D eigenvalue weighted by Gasteiger charge is -2.24. The molecule has 0 heterocycles. The summed E-state index contributed by atoms with van der Waals surface area (Å²) in [4.78, 5) is 4.68. The Morgan fingerprint density at radius 1 is 0.705 bits per heavy atom. The Morgan fingerprint density at radius 2 is 1.25 bits per heavy atom. The molecule has 0 fully saturated rings. The third-order valence-electron chi connectivity index (χ3n) is 7.55. The number of rotatable bonds is 17. The van der Waals surface area contributed by atoms with E-state index in [2.05, 4.69) is 49.6 Å². The van der Waals surface area contributed by atoms with Crippen LogP contribution in [0.5, 0.6) is 17.2 Å². The molecule has 0 saturated carbocycles. The Morgan fingerprint density at radius 3 is 1.80 bits per heavy atom. The summed E-state index contributed by atoms with van der Waals surface area (Å²) in [5.74, 6) is 1.93. The number of sulfone groups is 1. The largest absolute Gasteiger partial charge is 0.497 e. The molecule has 0 amide bonds. The molecular formula is C36H48N2O5S. The predicted molar refractivity (Wildman–Crippen MR) is 183 cm³/mol. The molecule has 1 unspecified atom stereocenters. The lowest BCUT2D eigenvalue weighted by atomic mass is 10.1. The van der Waals surface area contributed by atoms with Crippen molar-refractivity contribution in [3.8, 4) is 17.2 Å². The van der Waals surface area contributed by atoms with Gasteiger partial charge in [0, 0.05) is 60.8 Å². The van der Waals surface area contributed by atoms with Crippen LogP contribution in [0.15, 0.2) is 83.8 Å². The van der Waals surface area contributed by atoms with E-state index in [9.17, 15) is 8.42 Å². The van der Waals surface area contributed by atoms with Crippen molar-refractivity contribution < 1.29 is 22.6 Å². The number of allylic oxidation sites excluding steroid dienone is 2. The fraction of sp³-hybridized carbons (Fsp3) is 0.389. The van der Waals surface area contributed by atoms with Gasteiger partial charge in [0.1, 0.15) is 22.5 Å². The third-order valence-corrected chi connectivity index (χ3v) is 9.56. The minimum absolute atomic E-state index is 0.206. The summed E-state index contributed by atoms with van der Waals surface area (Å²) in [6.07, 6.45) is 7.30. The zero-order valence-corrected chi connectivity index (χ0v) is 28.1. The lowest BCUT2D eigenvalue weighted by Crippen LogP contribution is -2.22. The topological polar surface area (TPSA) is 68.3 Å². The van der Waals surface area contributed by atoms with Gasteiger partial charge in [0.2, 0.25) is 0 Å². The van der Waals surface area contributed by atoms with Crippen LogP contribution in [0.3, 0.4) is 0 Å². The summed E-state index contributed by atoms with van der Waals surface area (Å²) >= 11 is 0. The number of methoxy groups -OCH3 is 1. The second-order valence-corrected chi connectivity index (χ2v) is 12.1. The van der Waals surface area contributed by atoms with E-state index >= 15 is 0 Å². The molecule has 1 atom stereocenters. The summed E-state index contributed by atoms with van der Waals surface area (Å²) in [7, 11) is -2.29. The summed E-state index contributed by atoms with van der Waals surface area (Å²) in [6, 6.07) is 18.5. The number of hydrogen-bond donors (Lipinski definition) is 0. The average molecular weight is 621 g/mol. The third kappa shape index (κ3) is 8.38. The monoisotopic (exact) mass is 620 g/mol. The van der Waals surface area contributed by atoms with Crippen molar-refractivity contribution in [3.63, 3.8) is 0 Å². The average Bonchev–Trinajstić information content (AvgIpc) is 3.04. The molecule has 3 aromatic rings. The van der Waals surface area contributed by atoms with Crippen molar-refractivity contribution >= 4 is 27.3 Å². The molecule has 238 valence electrons. The quantitative estimate of drug-likeness (QED) is 0.142. The Hall–Kier alpha value is -3.91. The van der Waals surface area contributed by atoms with Gasteiger partial charge in [-0.3, -0.25) is 0 Å². The zero-order valence-electron chi connectivity index (χ0n) is 27.2. The molecule has 0 saturated heterocycles. The second kappa shape index (κ2) is 16.8. The van der Waals surface area contributed by atoms with E-state index in [4.69, 9.17) is 14.2 Å². The standard InChI is InChI=1S/C36H48N2O5S/c1-8-37(9-2)29-19-18-28(34(26-29)42-12-5)16-14-15-17-36(44(39,40)32-23-21-31(41-7)22-24-32)33-25-20-30(38(10-3)11-4)27-35(33)43-13-6/h14-27,36H,8-13H2,1-7H3. The molecule has 3 aromatic carbocycles. The molecule has 7 nitrogen and oxygen atoms in total. The molecule has 44 heavy (non-hydrogen) atoms. The van der Waals surface area contributed by atoms with Gasteiger partial charge in [-0.25, -0.2) is 8.42 Å². The van der Waals surface area contributed by atoms with Crippen molar-refractivity contribution in [2.45, 2.75) is 51.7 Å². The maximum absolute atomic E-state index is 14.2. The van der Waals surface area contributed by atoms with Gasteiger partial charge >= 0.3 is 0 Å². The summed E-state index contributed by atoms with van der Waals surface area (Å²) in [5.41, 5.74) is 3.60.